The highest BCUT2D eigenvalue weighted by Crippen LogP contribution is 2.31. The highest BCUT2D eigenvalue weighted by atomic mass is 16.5. The van der Waals surface area contributed by atoms with Gasteiger partial charge in [0.05, 0.1) is 31.9 Å². The van der Waals surface area contributed by atoms with Crippen LogP contribution in [0.2, 0.25) is 0 Å². The van der Waals surface area contributed by atoms with Crippen molar-refractivity contribution in [2.45, 2.75) is 0 Å². The van der Waals surface area contributed by atoms with E-state index in [2.05, 4.69) is 11.1 Å². The number of rotatable bonds is 4. The van der Waals surface area contributed by atoms with Crippen molar-refractivity contribution in [3.05, 3.63) is 72.1 Å². The van der Waals surface area contributed by atoms with Crippen LogP contribution < -0.4 is 4.90 Å². The van der Waals surface area contributed by atoms with Crippen LogP contribution in [0, 0.1) is 0 Å². The number of fused-ring (bicyclic) bond motifs is 1. The van der Waals surface area contributed by atoms with E-state index in [1.165, 1.54) is 14.2 Å². The first-order valence-corrected chi connectivity index (χ1v) is 9.32. The van der Waals surface area contributed by atoms with Crippen LogP contribution in [0.1, 0.15) is 0 Å². The Hall–Kier alpha value is -3.71. The van der Waals surface area contributed by atoms with E-state index in [-0.39, 0.29) is 24.6 Å². The molecule has 152 valence electrons. The molecule has 0 saturated carbocycles. The second-order valence-corrected chi connectivity index (χ2v) is 6.68. The van der Waals surface area contributed by atoms with Crippen LogP contribution >= 0.6 is 0 Å². The fraction of sp³-hybridized carbons (Fsp3) is 0.174. The Balaban J connectivity index is 1.78. The van der Waals surface area contributed by atoms with Gasteiger partial charge in [-0.1, -0.05) is 30.3 Å². The molecule has 0 unspecified atom stereocenters. The average Bonchev–Trinajstić information content (AvgIpc) is 2.82. The number of esters is 2. The van der Waals surface area contributed by atoms with Gasteiger partial charge in [0.15, 0.2) is 0 Å². The molecule has 0 fully saturated rings. The fourth-order valence-corrected chi connectivity index (χ4v) is 3.43. The molecular formula is C23H20N2O5. The predicted molar refractivity (Wildman–Crippen MR) is 112 cm³/mol. The molecule has 30 heavy (non-hydrogen) atoms. The van der Waals surface area contributed by atoms with Gasteiger partial charge in [0, 0.05) is 22.8 Å². The summed E-state index contributed by atoms with van der Waals surface area (Å²) in [5.41, 5.74) is 3.69. The van der Waals surface area contributed by atoms with Crippen LogP contribution in [-0.4, -0.2) is 44.5 Å². The number of carbonyl (C=O) groups is 2. The smallest absolute Gasteiger partial charge is 0.355 e. The SMILES string of the molecule is COC(=O)C1=C(C(=O)OC)N(c2cccc(-c3cnc4ccccc4c3)c2)COC1. The zero-order valence-corrected chi connectivity index (χ0v) is 16.6. The summed E-state index contributed by atoms with van der Waals surface area (Å²) in [6.45, 7) is 0.0756. The molecule has 1 aliphatic rings. The molecule has 0 atom stereocenters. The van der Waals surface area contributed by atoms with Crippen molar-refractivity contribution >= 4 is 28.5 Å². The number of pyridine rings is 1. The van der Waals surface area contributed by atoms with Gasteiger partial charge in [-0.3, -0.25) is 4.98 Å². The first-order chi connectivity index (χ1) is 14.6. The van der Waals surface area contributed by atoms with Crippen molar-refractivity contribution in [1.82, 2.24) is 4.98 Å². The summed E-state index contributed by atoms with van der Waals surface area (Å²) < 4.78 is 15.3. The molecule has 0 radical (unpaired) electrons. The molecule has 1 aliphatic heterocycles. The number of nitrogens with zero attached hydrogens (tertiary/aromatic N) is 2. The number of ether oxygens (including phenoxy) is 3. The molecule has 0 spiro atoms. The minimum absolute atomic E-state index is 0.0259. The number of hydrogen-bond donors (Lipinski definition) is 0. The van der Waals surface area contributed by atoms with Crippen LogP contribution in [0.3, 0.4) is 0 Å². The predicted octanol–water partition coefficient (Wildman–Crippen LogP) is 3.30. The summed E-state index contributed by atoms with van der Waals surface area (Å²) in [6, 6.07) is 17.5. The topological polar surface area (TPSA) is 78.0 Å². The largest absolute Gasteiger partial charge is 0.466 e. The Morgan fingerprint density at radius 3 is 2.57 bits per heavy atom. The molecular weight excluding hydrogens is 384 g/mol. The molecule has 0 bridgehead atoms. The second-order valence-electron chi connectivity index (χ2n) is 6.68. The number of methoxy groups -OCH3 is 2. The zero-order chi connectivity index (χ0) is 21.1. The van der Waals surface area contributed by atoms with Gasteiger partial charge < -0.3 is 19.1 Å². The van der Waals surface area contributed by atoms with E-state index in [4.69, 9.17) is 14.2 Å². The number of carbonyl (C=O) groups excluding carboxylic acids is 2. The van der Waals surface area contributed by atoms with Crippen molar-refractivity contribution in [3.63, 3.8) is 0 Å². The maximum atomic E-state index is 12.5. The molecule has 7 heteroatoms. The van der Waals surface area contributed by atoms with Crippen molar-refractivity contribution in [2.24, 2.45) is 0 Å². The lowest BCUT2D eigenvalue weighted by Crippen LogP contribution is -2.38. The summed E-state index contributed by atoms with van der Waals surface area (Å²) in [4.78, 5) is 30.8. The lowest BCUT2D eigenvalue weighted by Gasteiger charge is -2.31. The molecule has 2 heterocycles. The van der Waals surface area contributed by atoms with Gasteiger partial charge in [0.1, 0.15) is 12.4 Å². The summed E-state index contributed by atoms with van der Waals surface area (Å²) in [5, 5.41) is 1.03. The molecule has 4 rings (SSSR count). The molecule has 0 N–H and O–H groups in total. The highest BCUT2D eigenvalue weighted by Gasteiger charge is 2.32. The number of anilines is 1. The maximum Gasteiger partial charge on any atom is 0.355 e. The van der Waals surface area contributed by atoms with E-state index in [1.807, 2.05) is 54.7 Å². The minimum Gasteiger partial charge on any atom is -0.466 e. The highest BCUT2D eigenvalue weighted by molar-refractivity contribution is 6.03. The zero-order valence-electron chi connectivity index (χ0n) is 16.6. The van der Waals surface area contributed by atoms with E-state index in [0.717, 1.165) is 22.0 Å². The second kappa shape index (κ2) is 8.34. The Morgan fingerprint density at radius 1 is 0.967 bits per heavy atom. The van der Waals surface area contributed by atoms with Crippen LogP contribution in [0.4, 0.5) is 5.69 Å². The Kier molecular flexibility index (Phi) is 5.45. The third-order valence-electron chi connectivity index (χ3n) is 4.91. The fourth-order valence-electron chi connectivity index (χ4n) is 3.43. The van der Waals surface area contributed by atoms with Crippen LogP contribution in [0.5, 0.6) is 0 Å². The Morgan fingerprint density at radius 2 is 1.77 bits per heavy atom. The molecule has 0 saturated heterocycles. The average molecular weight is 404 g/mol. The van der Waals surface area contributed by atoms with Gasteiger partial charge in [0.2, 0.25) is 0 Å². The molecule has 0 aliphatic carbocycles. The normalized spacial score (nSPS) is 14.0. The van der Waals surface area contributed by atoms with Gasteiger partial charge in [-0.15, -0.1) is 0 Å². The number of aromatic nitrogens is 1. The van der Waals surface area contributed by atoms with Gasteiger partial charge >= 0.3 is 11.9 Å². The summed E-state index contributed by atoms with van der Waals surface area (Å²) in [6.07, 6.45) is 1.81. The van der Waals surface area contributed by atoms with Gasteiger partial charge in [-0.05, 0) is 29.8 Å². The van der Waals surface area contributed by atoms with E-state index in [1.54, 1.807) is 4.90 Å². The van der Waals surface area contributed by atoms with Crippen LogP contribution in [0.25, 0.3) is 22.0 Å². The van der Waals surface area contributed by atoms with Crippen LogP contribution in [0.15, 0.2) is 72.1 Å². The lowest BCUT2D eigenvalue weighted by molar-refractivity contribution is -0.140. The quantitative estimate of drug-likeness (QED) is 0.618. The van der Waals surface area contributed by atoms with Gasteiger partial charge in [-0.2, -0.15) is 0 Å². The van der Waals surface area contributed by atoms with Gasteiger partial charge in [0.25, 0.3) is 0 Å². The van der Waals surface area contributed by atoms with E-state index < -0.39 is 11.9 Å². The number of hydrogen-bond acceptors (Lipinski definition) is 7. The van der Waals surface area contributed by atoms with Crippen molar-refractivity contribution in [3.8, 4) is 11.1 Å². The first kappa shape index (κ1) is 19.6. The first-order valence-electron chi connectivity index (χ1n) is 9.32. The third-order valence-corrected chi connectivity index (χ3v) is 4.91. The number of para-hydroxylation sites is 1. The lowest BCUT2D eigenvalue weighted by atomic mass is 10.0. The van der Waals surface area contributed by atoms with Crippen molar-refractivity contribution in [1.29, 1.82) is 0 Å². The monoisotopic (exact) mass is 404 g/mol. The van der Waals surface area contributed by atoms with E-state index in [9.17, 15) is 9.59 Å². The molecule has 7 nitrogen and oxygen atoms in total. The van der Waals surface area contributed by atoms with Gasteiger partial charge in [-0.25, -0.2) is 9.59 Å². The summed E-state index contributed by atoms with van der Waals surface area (Å²) in [7, 11) is 2.53. The Bertz CT molecular complexity index is 1160. The third kappa shape index (κ3) is 3.62. The molecule has 2 aromatic carbocycles. The van der Waals surface area contributed by atoms with Crippen LogP contribution in [-0.2, 0) is 23.8 Å². The maximum absolute atomic E-state index is 12.5. The minimum atomic E-state index is -0.630. The standard InChI is InChI=1S/C23H20N2O5/c1-28-22(26)19-13-30-14-25(21(19)23(27)29-2)18-8-5-7-15(11-18)17-10-16-6-3-4-9-20(16)24-12-17/h3-12H,13-14H2,1-2H3. The molecule has 0 amide bonds. The number of benzene rings is 2. The van der Waals surface area contributed by atoms with E-state index in [0.29, 0.717) is 5.69 Å². The summed E-state index contributed by atoms with van der Waals surface area (Å²) in [5.74, 6) is -1.26. The molecule has 3 aromatic rings. The van der Waals surface area contributed by atoms with E-state index >= 15 is 0 Å². The molecule has 1 aromatic heterocycles. The van der Waals surface area contributed by atoms with Crippen molar-refractivity contribution in [2.75, 3.05) is 32.5 Å². The Labute approximate surface area is 173 Å². The van der Waals surface area contributed by atoms with Crippen molar-refractivity contribution < 1.29 is 23.8 Å². The summed E-state index contributed by atoms with van der Waals surface area (Å²) >= 11 is 0.